The molecule has 0 aliphatic rings. The molecule has 1 N–H and O–H groups in total. The summed E-state index contributed by atoms with van der Waals surface area (Å²) in [7, 11) is 4.91. The summed E-state index contributed by atoms with van der Waals surface area (Å²) in [6.45, 7) is 2.53. The van der Waals surface area contributed by atoms with Crippen LogP contribution in [-0.2, 0) is 13.0 Å². The van der Waals surface area contributed by atoms with Crippen molar-refractivity contribution in [1.29, 1.82) is 0 Å². The van der Waals surface area contributed by atoms with E-state index in [0.29, 0.717) is 18.2 Å². The van der Waals surface area contributed by atoms with Crippen molar-refractivity contribution in [1.82, 2.24) is 19.6 Å². The van der Waals surface area contributed by atoms with Crippen LogP contribution in [0.1, 0.15) is 18.3 Å². The molecule has 4 rings (SSSR count). The van der Waals surface area contributed by atoms with Crippen LogP contribution in [0.25, 0.3) is 16.6 Å². The molecule has 0 aliphatic heterocycles. The Balaban J connectivity index is 1.79. The zero-order valence-corrected chi connectivity index (χ0v) is 16.9. The summed E-state index contributed by atoms with van der Waals surface area (Å²) in [6.07, 6.45) is 0.735. The number of benzene rings is 2. The normalized spacial score (nSPS) is 11.0. The fourth-order valence-electron chi connectivity index (χ4n) is 3.25. The highest BCUT2D eigenvalue weighted by atomic mass is 16.5. The van der Waals surface area contributed by atoms with Crippen molar-refractivity contribution >= 4 is 22.5 Å². The molecular formula is C21H23N5O3. The second-order valence-corrected chi connectivity index (χ2v) is 6.44. The maximum absolute atomic E-state index is 5.51. The molecule has 4 aromatic rings. The summed E-state index contributed by atoms with van der Waals surface area (Å²) >= 11 is 0. The van der Waals surface area contributed by atoms with Gasteiger partial charge in [-0.1, -0.05) is 13.0 Å². The minimum Gasteiger partial charge on any atom is -0.497 e. The highest BCUT2D eigenvalue weighted by molar-refractivity contribution is 5.95. The van der Waals surface area contributed by atoms with E-state index < -0.39 is 0 Å². The lowest BCUT2D eigenvalue weighted by Crippen LogP contribution is -2.09. The third-order valence-corrected chi connectivity index (χ3v) is 4.78. The Kier molecular flexibility index (Phi) is 5.07. The number of hydrogen-bond donors (Lipinski definition) is 1. The smallest absolute Gasteiger partial charge is 0.226 e. The Morgan fingerprint density at radius 3 is 2.52 bits per heavy atom. The molecule has 0 fully saturated rings. The Labute approximate surface area is 168 Å². The van der Waals surface area contributed by atoms with Crippen LogP contribution in [0.3, 0.4) is 0 Å². The van der Waals surface area contributed by atoms with Crippen LogP contribution >= 0.6 is 0 Å². The van der Waals surface area contributed by atoms with Crippen LogP contribution < -0.4 is 19.5 Å². The van der Waals surface area contributed by atoms with Gasteiger partial charge >= 0.3 is 0 Å². The third-order valence-electron chi connectivity index (χ3n) is 4.78. The zero-order chi connectivity index (χ0) is 20.4. The third kappa shape index (κ3) is 3.37. The predicted octanol–water partition coefficient (Wildman–Crippen LogP) is 3.48. The van der Waals surface area contributed by atoms with Crippen molar-refractivity contribution in [2.24, 2.45) is 0 Å². The number of hydrogen-bond acceptors (Lipinski definition) is 7. The number of rotatable bonds is 7. The van der Waals surface area contributed by atoms with E-state index in [2.05, 4.69) is 15.4 Å². The van der Waals surface area contributed by atoms with Gasteiger partial charge in [-0.2, -0.15) is 4.52 Å². The molecule has 8 nitrogen and oxygen atoms in total. The van der Waals surface area contributed by atoms with Crippen LogP contribution in [0.2, 0.25) is 0 Å². The Morgan fingerprint density at radius 2 is 1.79 bits per heavy atom. The van der Waals surface area contributed by atoms with E-state index in [0.717, 1.165) is 45.9 Å². The summed E-state index contributed by atoms with van der Waals surface area (Å²) in [5.41, 5.74) is 2.45. The molecule has 0 atom stereocenters. The first-order valence-electron chi connectivity index (χ1n) is 9.35. The lowest BCUT2D eigenvalue weighted by molar-refractivity contribution is 0.391. The largest absolute Gasteiger partial charge is 0.497 e. The molecule has 0 unspecified atom stereocenters. The molecule has 0 radical (unpaired) electrons. The van der Waals surface area contributed by atoms with E-state index >= 15 is 0 Å². The van der Waals surface area contributed by atoms with Crippen molar-refractivity contribution in [3.63, 3.8) is 0 Å². The molecule has 2 aromatic carbocycles. The maximum atomic E-state index is 5.51. The zero-order valence-electron chi connectivity index (χ0n) is 16.9. The van der Waals surface area contributed by atoms with E-state index in [4.69, 9.17) is 19.2 Å². The first kappa shape index (κ1) is 18.8. The van der Waals surface area contributed by atoms with Crippen molar-refractivity contribution in [2.45, 2.75) is 19.9 Å². The van der Waals surface area contributed by atoms with E-state index in [1.54, 1.807) is 25.8 Å². The van der Waals surface area contributed by atoms with E-state index in [9.17, 15) is 0 Å². The highest BCUT2D eigenvalue weighted by Gasteiger charge is 2.16. The lowest BCUT2D eigenvalue weighted by atomic mass is 10.2. The van der Waals surface area contributed by atoms with Crippen molar-refractivity contribution in [3.05, 3.63) is 47.8 Å². The summed E-state index contributed by atoms with van der Waals surface area (Å²) in [5.74, 6) is 3.51. The van der Waals surface area contributed by atoms with E-state index in [-0.39, 0.29) is 0 Å². The van der Waals surface area contributed by atoms with Gasteiger partial charge in [-0.3, -0.25) is 0 Å². The molecule has 0 bridgehead atoms. The molecule has 8 heteroatoms. The van der Waals surface area contributed by atoms with Gasteiger partial charge in [0, 0.05) is 30.0 Å². The van der Waals surface area contributed by atoms with Crippen LogP contribution in [-0.4, -0.2) is 40.9 Å². The monoisotopic (exact) mass is 393 g/mol. The molecule has 2 heterocycles. The first-order valence-corrected chi connectivity index (χ1v) is 9.35. The molecule has 0 saturated heterocycles. The minimum atomic E-state index is 0.497. The van der Waals surface area contributed by atoms with Gasteiger partial charge in [0.2, 0.25) is 5.95 Å². The lowest BCUT2D eigenvalue weighted by Gasteiger charge is -2.13. The molecule has 29 heavy (non-hydrogen) atoms. The van der Waals surface area contributed by atoms with Gasteiger partial charge in [-0.15, -0.1) is 5.10 Å². The number of nitrogens with one attached hydrogen (secondary N) is 1. The highest BCUT2D eigenvalue weighted by Crippen LogP contribution is 2.29. The SMILES string of the molecule is CCc1nc2c3cccc(OC)c3nc(NCc3ccc(OC)cc3OC)n2n1. The number of aromatic nitrogens is 4. The fourth-order valence-corrected chi connectivity index (χ4v) is 3.25. The quantitative estimate of drug-likeness (QED) is 0.515. The van der Waals surface area contributed by atoms with Gasteiger partial charge in [-0.05, 0) is 24.3 Å². The van der Waals surface area contributed by atoms with E-state index in [1.807, 2.05) is 43.3 Å². The molecule has 0 aliphatic carbocycles. The molecule has 0 saturated carbocycles. The number of nitrogens with zero attached hydrogens (tertiary/aromatic N) is 4. The number of ether oxygens (including phenoxy) is 3. The Morgan fingerprint density at radius 1 is 0.966 bits per heavy atom. The van der Waals surface area contributed by atoms with Gasteiger partial charge < -0.3 is 19.5 Å². The van der Waals surface area contributed by atoms with Crippen LogP contribution in [0.15, 0.2) is 36.4 Å². The topological polar surface area (TPSA) is 82.8 Å². The van der Waals surface area contributed by atoms with E-state index in [1.165, 1.54) is 0 Å². The number of para-hydroxylation sites is 1. The molecular weight excluding hydrogens is 370 g/mol. The summed E-state index contributed by atoms with van der Waals surface area (Å²) in [6, 6.07) is 11.5. The van der Waals surface area contributed by atoms with Gasteiger partial charge in [0.15, 0.2) is 11.5 Å². The number of aryl methyl sites for hydroxylation is 1. The van der Waals surface area contributed by atoms with Gasteiger partial charge in [0.25, 0.3) is 0 Å². The van der Waals surface area contributed by atoms with Crippen molar-refractivity contribution in [3.8, 4) is 17.2 Å². The second kappa shape index (κ2) is 7.83. The fraction of sp³-hybridized carbons (Fsp3) is 0.286. The second-order valence-electron chi connectivity index (χ2n) is 6.44. The average Bonchev–Trinajstić information content (AvgIpc) is 3.22. The number of methoxy groups -OCH3 is 3. The van der Waals surface area contributed by atoms with Crippen LogP contribution in [0, 0.1) is 0 Å². The Hall–Kier alpha value is -3.55. The average molecular weight is 393 g/mol. The van der Waals surface area contributed by atoms with Gasteiger partial charge in [-0.25, -0.2) is 9.97 Å². The van der Waals surface area contributed by atoms with Crippen LogP contribution in [0.4, 0.5) is 5.95 Å². The first-order chi connectivity index (χ1) is 14.2. The molecule has 2 aromatic heterocycles. The number of fused-ring (bicyclic) bond motifs is 3. The number of anilines is 1. The van der Waals surface area contributed by atoms with Crippen molar-refractivity contribution < 1.29 is 14.2 Å². The molecule has 150 valence electrons. The standard InChI is InChI=1S/C21H23N5O3/c1-5-18-23-20-15-7-6-8-16(28-3)19(15)24-21(26(20)25-18)22-12-13-9-10-14(27-2)11-17(13)29-4/h6-11H,5,12H2,1-4H3,(H,22,24). The van der Waals surface area contributed by atoms with Gasteiger partial charge in [0.05, 0.1) is 21.3 Å². The minimum absolute atomic E-state index is 0.497. The summed E-state index contributed by atoms with van der Waals surface area (Å²) in [5, 5.41) is 8.87. The van der Waals surface area contributed by atoms with Gasteiger partial charge in [0.1, 0.15) is 22.8 Å². The Bertz CT molecular complexity index is 1170. The molecule has 0 amide bonds. The predicted molar refractivity (Wildman–Crippen MR) is 111 cm³/mol. The summed E-state index contributed by atoms with van der Waals surface area (Å²) < 4.78 is 18.0. The van der Waals surface area contributed by atoms with Crippen molar-refractivity contribution in [2.75, 3.05) is 26.6 Å². The molecule has 0 spiro atoms. The van der Waals surface area contributed by atoms with Crippen LogP contribution in [0.5, 0.6) is 17.2 Å². The summed E-state index contributed by atoms with van der Waals surface area (Å²) in [4.78, 5) is 9.47. The maximum Gasteiger partial charge on any atom is 0.226 e.